The zero-order chi connectivity index (χ0) is 8.97. The summed E-state index contributed by atoms with van der Waals surface area (Å²) in [5.41, 5.74) is 2.02. The lowest BCUT2D eigenvalue weighted by Crippen LogP contribution is -1.96. The molecule has 0 saturated heterocycles. The third kappa shape index (κ3) is 2.82. The van der Waals surface area contributed by atoms with Gasteiger partial charge in [-0.15, -0.1) is 0 Å². The number of rotatable bonds is 3. The van der Waals surface area contributed by atoms with Crippen molar-refractivity contribution in [3.8, 4) is 0 Å². The van der Waals surface area contributed by atoms with Gasteiger partial charge in [-0.2, -0.15) is 0 Å². The minimum absolute atomic E-state index is 0.221. The van der Waals surface area contributed by atoms with Crippen LogP contribution >= 0.6 is 0 Å². The number of aryl methyl sites for hydroxylation is 2. The Morgan fingerprint density at radius 2 is 2.25 bits per heavy atom. The molecule has 0 radical (unpaired) electrons. The molecule has 12 heavy (non-hydrogen) atoms. The minimum atomic E-state index is 0.221. The molecule has 1 aromatic rings. The quantitative estimate of drug-likeness (QED) is 0.681. The van der Waals surface area contributed by atoms with Gasteiger partial charge in [0.15, 0.2) is 0 Å². The normalized spacial score (nSPS) is 9.83. The van der Waals surface area contributed by atoms with Crippen LogP contribution in [0, 0.1) is 6.92 Å². The monoisotopic (exact) mass is 163 g/mol. The van der Waals surface area contributed by atoms with Gasteiger partial charge in [0.25, 0.3) is 0 Å². The molecule has 0 saturated carbocycles. The van der Waals surface area contributed by atoms with E-state index < -0.39 is 0 Å². The molecule has 1 rings (SSSR count). The molecular weight excluding hydrogens is 150 g/mol. The van der Waals surface area contributed by atoms with Crippen molar-refractivity contribution >= 4 is 5.78 Å². The number of aromatic nitrogens is 1. The van der Waals surface area contributed by atoms with Gasteiger partial charge in [0.05, 0.1) is 0 Å². The molecule has 1 heterocycles. The van der Waals surface area contributed by atoms with Gasteiger partial charge < -0.3 is 4.79 Å². The van der Waals surface area contributed by atoms with Crippen LogP contribution in [0.25, 0.3) is 0 Å². The van der Waals surface area contributed by atoms with Crippen molar-refractivity contribution in [2.24, 2.45) is 0 Å². The number of hydrogen-bond donors (Lipinski definition) is 0. The molecule has 1 aromatic heterocycles. The van der Waals surface area contributed by atoms with Gasteiger partial charge in [-0.05, 0) is 32.4 Å². The highest BCUT2D eigenvalue weighted by Gasteiger charge is 1.97. The number of Topliss-reactive ketones (excluding diaryl/α,β-unsaturated/α-hetero) is 1. The number of nitrogens with zero attached hydrogens (tertiary/aromatic N) is 1. The van der Waals surface area contributed by atoms with Gasteiger partial charge in [0.2, 0.25) is 0 Å². The van der Waals surface area contributed by atoms with E-state index in [-0.39, 0.29) is 5.78 Å². The van der Waals surface area contributed by atoms with Crippen LogP contribution in [-0.4, -0.2) is 10.8 Å². The molecule has 2 nitrogen and oxygen atoms in total. The molecule has 0 N–H and O–H groups in total. The van der Waals surface area contributed by atoms with E-state index >= 15 is 0 Å². The third-order valence-corrected chi connectivity index (χ3v) is 1.68. The topological polar surface area (TPSA) is 30.0 Å². The van der Waals surface area contributed by atoms with Crippen molar-refractivity contribution in [2.45, 2.75) is 26.7 Å². The number of ketones is 1. The lowest BCUT2D eigenvalue weighted by Gasteiger charge is -1.98. The summed E-state index contributed by atoms with van der Waals surface area (Å²) in [5.74, 6) is 0.221. The summed E-state index contributed by atoms with van der Waals surface area (Å²) in [5, 5.41) is 0. The summed E-state index contributed by atoms with van der Waals surface area (Å²) in [4.78, 5) is 15.0. The van der Waals surface area contributed by atoms with Crippen molar-refractivity contribution in [2.75, 3.05) is 0 Å². The van der Waals surface area contributed by atoms with E-state index in [4.69, 9.17) is 0 Å². The van der Waals surface area contributed by atoms with E-state index in [0.717, 1.165) is 17.8 Å². The van der Waals surface area contributed by atoms with Crippen molar-refractivity contribution in [1.82, 2.24) is 4.98 Å². The molecule has 0 unspecified atom stereocenters. The SMILES string of the molecule is CC(=O)CCc1cccc(C)n1. The maximum absolute atomic E-state index is 10.7. The predicted octanol–water partition coefficient (Wildman–Crippen LogP) is 1.91. The molecule has 0 amide bonds. The van der Waals surface area contributed by atoms with Crippen LogP contribution < -0.4 is 0 Å². The van der Waals surface area contributed by atoms with Crippen molar-refractivity contribution in [3.05, 3.63) is 29.6 Å². The van der Waals surface area contributed by atoms with E-state index in [1.54, 1.807) is 6.92 Å². The zero-order valence-corrected chi connectivity index (χ0v) is 7.50. The number of pyridine rings is 1. The molecule has 0 atom stereocenters. The summed E-state index contributed by atoms with van der Waals surface area (Å²) >= 11 is 0. The predicted molar refractivity (Wildman–Crippen MR) is 48.0 cm³/mol. The van der Waals surface area contributed by atoms with Crippen LogP contribution in [0.15, 0.2) is 18.2 Å². The Morgan fingerprint density at radius 1 is 1.50 bits per heavy atom. The fourth-order valence-electron chi connectivity index (χ4n) is 1.04. The smallest absolute Gasteiger partial charge is 0.130 e. The fourth-order valence-corrected chi connectivity index (χ4v) is 1.04. The third-order valence-electron chi connectivity index (χ3n) is 1.68. The molecule has 0 bridgehead atoms. The summed E-state index contributed by atoms with van der Waals surface area (Å²) in [6, 6.07) is 5.88. The Hall–Kier alpha value is -1.18. The van der Waals surface area contributed by atoms with E-state index in [9.17, 15) is 4.79 Å². The molecule has 2 heteroatoms. The van der Waals surface area contributed by atoms with E-state index in [1.165, 1.54) is 0 Å². The minimum Gasteiger partial charge on any atom is -0.300 e. The molecule has 0 spiro atoms. The number of carbonyl (C=O) groups excluding carboxylic acids is 1. The average Bonchev–Trinajstić information content (AvgIpc) is 2.01. The maximum atomic E-state index is 10.7. The molecule has 0 aliphatic heterocycles. The van der Waals surface area contributed by atoms with Crippen LogP contribution in [0.3, 0.4) is 0 Å². The number of hydrogen-bond acceptors (Lipinski definition) is 2. The fraction of sp³-hybridized carbons (Fsp3) is 0.400. The van der Waals surface area contributed by atoms with E-state index in [1.807, 2.05) is 25.1 Å². The first-order valence-corrected chi connectivity index (χ1v) is 4.10. The first kappa shape index (κ1) is 8.91. The Morgan fingerprint density at radius 3 is 2.83 bits per heavy atom. The molecule has 0 fully saturated rings. The van der Waals surface area contributed by atoms with Crippen molar-refractivity contribution in [1.29, 1.82) is 0 Å². The molecule has 0 aromatic carbocycles. The molecule has 0 aliphatic carbocycles. The first-order chi connectivity index (χ1) is 5.68. The van der Waals surface area contributed by atoms with Crippen molar-refractivity contribution in [3.63, 3.8) is 0 Å². The Labute approximate surface area is 72.6 Å². The van der Waals surface area contributed by atoms with Gasteiger partial charge >= 0.3 is 0 Å². The van der Waals surface area contributed by atoms with Gasteiger partial charge in [-0.3, -0.25) is 4.98 Å². The van der Waals surface area contributed by atoms with Gasteiger partial charge in [-0.1, -0.05) is 6.07 Å². The summed E-state index contributed by atoms with van der Waals surface area (Å²) in [6.45, 7) is 3.56. The van der Waals surface area contributed by atoms with Crippen LogP contribution in [0.4, 0.5) is 0 Å². The second-order valence-corrected chi connectivity index (χ2v) is 2.97. The van der Waals surface area contributed by atoms with Gasteiger partial charge in [0.1, 0.15) is 5.78 Å². The van der Waals surface area contributed by atoms with Crippen LogP contribution in [0.5, 0.6) is 0 Å². The Balaban J connectivity index is 2.57. The second kappa shape index (κ2) is 4.00. The maximum Gasteiger partial charge on any atom is 0.130 e. The summed E-state index contributed by atoms with van der Waals surface area (Å²) < 4.78 is 0. The van der Waals surface area contributed by atoms with E-state index in [0.29, 0.717) is 6.42 Å². The van der Waals surface area contributed by atoms with Crippen LogP contribution in [0.1, 0.15) is 24.7 Å². The Bertz CT molecular complexity index is 281. The summed E-state index contributed by atoms with van der Waals surface area (Å²) in [7, 11) is 0. The lowest BCUT2D eigenvalue weighted by atomic mass is 10.2. The van der Waals surface area contributed by atoms with Crippen LogP contribution in [-0.2, 0) is 11.2 Å². The van der Waals surface area contributed by atoms with Gasteiger partial charge in [-0.25, -0.2) is 0 Å². The van der Waals surface area contributed by atoms with Crippen molar-refractivity contribution < 1.29 is 4.79 Å². The standard InChI is InChI=1S/C10H13NO/c1-8-4-3-5-10(11-8)7-6-9(2)12/h3-5H,6-7H2,1-2H3. The molecule has 0 aliphatic rings. The first-order valence-electron chi connectivity index (χ1n) is 4.10. The molecule has 64 valence electrons. The van der Waals surface area contributed by atoms with Crippen LogP contribution in [0.2, 0.25) is 0 Å². The molecular formula is C10H13NO. The highest BCUT2D eigenvalue weighted by molar-refractivity contribution is 5.75. The largest absolute Gasteiger partial charge is 0.300 e. The van der Waals surface area contributed by atoms with E-state index in [2.05, 4.69) is 4.98 Å². The highest BCUT2D eigenvalue weighted by Crippen LogP contribution is 2.01. The summed E-state index contributed by atoms with van der Waals surface area (Å²) in [6.07, 6.45) is 1.35. The highest BCUT2D eigenvalue weighted by atomic mass is 16.1. The van der Waals surface area contributed by atoms with Gasteiger partial charge in [0, 0.05) is 17.8 Å². The second-order valence-electron chi connectivity index (χ2n) is 2.97. The number of carbonyl (C=O) groups is 1. The lowest BCUT2D eigenvalue weighted by molar-refractivity contribution is -0.116. The average molecular weight is 163 g/mol. The zero-order valence-electron chi connectivity index (χ0n) is 7.50. The Kier molecular flexibility index (Phi) is 2.97.